The van der Waals surface area contributed by atoms with Crippen LogP contribution in [0.15, 0.2) is 77.0 Å². The summed E-state index contributed by atoms with van der Waals surface area (Å²) in [6, 6.07) is 13.8. The van der Waals surface area contributed by atoms with Crippen LogP contribution in [0.25, 0.3) is 0 Å². The highest BCUT2D eigenvalue weighted by Gasteiger charge is 2.11. The van der Waals surface area contributed by atoms with Gasteiger partial charge in [-0.3, -0.25) is 14.6 Å². The smallest absolute Gasteiger partial charge is 0.276 e. The highest BCUT2D eigenvalue weighted by molar-refractivity contribution is 6.30. The lowest BCUT2D eigenvalue weighted by Crippen LogP contribution is -2.30. The van der Waals surface area contributed by atoms with Gasteiger partial charge in [0.1, 0.15) is 5.56 Å². The Hall–Kier alpha value is -3.25. The molecule has 0 aliphatic rings. The van der Waals surface area contributed by atoms with Crippen molar-refractivity contribution in [3.05, 3.63) is 99.2 Å². The fourth-order valence-electron chi connectivity index (χ4n) is 2.34. The number of pyridine rings is 2. The first-order valence-corrected chi connectivity index (χ1v) is 8.18. The Morgan fingerprint density at radius 1 is 1.19 bits per heavy atom. The van der Waals surface area contributed by atoms with Crippen molar-refractivity contribution in [3.63, 3.8) is 0 Å². The second kappa shape index (κ2) is 8.22. The van der Waals surface area contributed by atoms with Crippen LogP contribution in [0.4, 0.5) is 0 Å². The van der Waals surface area contributed by atoms with E-state index in [1.165, 1.54) is 16.8 Å². The number of hydrogen-bond acceptors (Lipinski definition) is 4. The largest absolute Gasteiger partial charge is 0.310 e. The van der Waals surface area contributed by atoms with Gasteiger partial charge >= 0.3 is 0 Å². The quantitative estimate of drug-likeness (QED) is 0.557. The van der Waals surface area contributed by atoms with E-state index >= 15 is 0 Å². The van der Waals surface area contributed by atoms with Crippen LogP contribution in [0.5, 0.6) is 0 Å². The molecule has 3 rings (SSSR count). The van der Waals surface area contributed by atoms with Crippen molar-refractivity contribution >= 4 is 23.7 Å². The van der Waals surface area contributed by atoms with E-state index in [-0.39, 0.29) is 5.56 Å². The second-order valence-electron chi connectivity index (χ2n) is 5.46. The summed E-state index contributed by atoms with van der Waals surface area (Å²) in [5.41, 5.74) is 3.63. The van der Waals surface area contributed by atoms with Crippen LogP contribution < -0.4 is 11.0 Å². The number of carbonyl (C=O) groups is 1. The first kappa shape index (κ1) is 17.6. The number of benzene rings is 1. The number of nitrogens with one attached hydrogen (secondary N) is 1. The molecular formula is C19H15ClN4O2. The van der Waals surface area contributed by atoms with Gasteiger partial charge in [-0.25, -0.2) is 5.43 Å². The van der Waals surface area contributed by atoms with E-state index in [1.807, 2.05) is 12.1 Å². The number of halogens is 1. The first-order chi connectivity index (χ1) is 12.6. The molecule has 0 saturated heterocycles. The van der Waals surface area contributed by atoms with E-state index in [2.05, 4.69) is 15.5 Å². The minimum Gasteiger partial charge on any atom is -0.310 e. The van der Waals surface area contributed by atoms with E-state index < -0.39 is 11.5 Å². The molecule has 3 aromatic rings. The molecule has 0 spiro atoms. The summed E-state index contributed by atoms with van der Waals surface area (Å²) in [7, 11) is 0. The van der Waals surface area contributed by atoms with Crippen LogP contribution in [0.2, 0.25) is 5.02 Å². The van der Waals surface area contributed by atoms with Crippen molar-refractivity contribution in [1.82, 2.24) is 15.0 Å². The van der Waals surface area contributed by atoms with Gasteiger partial charge < -0.3 is 4.57 Å². The van der Waals surface area contributed by atoms with Crippen LogP contribution in [0, 0.1) is 0 Å². The highest BCUT2D eigenvalue weighted by atomic mass is 35.5. The van der Waals surface area contributed by atoms with Crippen molar-refractivity contribution in [2.75, 3.05) is 0 Å². The number of hydrogen-bond donors (Lipinski definition) is 1. The van der Waals surface area contributed by atoms with E-state index in [4.69, 9.17) is 11.6 Å². The molecule has 2 aromatic heterocycles. The Morgan fingerprint density at radius 2 is 2.00 bits per heavy atom. The Balaban J connectivity index is 1.75. The molecule has 26 heavy (non-hydrogen) atoms. The molecule has 0 saturated carbocycles. The lowest BCUT2D eigenvalue weighted by atomic mass is 10.2. The Morgan fingerprint density at radius 3 is 2.77 bits per heavy atom. The van der Waals surface area contributed by atoms with Gasteiger partial charge in [0.15, 0.2) is 0 Å². The zero-order valence-corrected chi connectivity index (χ0v) is 14.4. The maximum Gasteiger partial charge on any atom is 0.276 e. The molecule has 0 unspecified atom stereocenters. The van der Waals surface area contributed by atoms with Crippen LogP contribution in [0.3, 0.4) is 0 Å². The molecule has 6 nitrogen and oxygen atoms in total. The third-order valence-electron chi connectivity index (χ3n) is 3.59. The molecule has 0 aliphatic heterocycles. The van der Waals surface area contributed by atoms with E-state index in [0.717, 1.165) is 11.1 Å². The van der Waals surface area contributed by atoms with Crippen molar-refractivity contribution < 1.29 is 4.79 Å². The molecule has 2 heterocycles. The van der Waals surface area contributed by atoms with Crippen molar-refractivity contribution in [2.24, 2.45) is 5.10 Å². The second-order valence-corrected chi connectivity index (χ2v) is 5.90. The van der Waals surface area contributed by atoms with Crippen LogP contribution in [-0.2, 0) is 6.54 Å². The van der Waals surface area contributed by atoms with Gasteiger partial charge in [-0.1, -0.05) is 23.7 Å². The minimum absolute atomic E-state index is 0.0152. The molecule has 0 radical (unpaired) electrons. The highest BCUT2D eigenvalue weighted by Crippen LogP contribution is 2.11. The molecule has 0 fully saturated rings. The number of amides is 1. The number of carbonyl (C=O) groups excluding carboxylic acids is 1. The zero-order valence-electron chi connectivity index (χ0n) is 13.7. The number of aromatic nitrogens is 2. The normalized spacial score (nSPS) is 10.8. The van der Waals surface area contributed by atoms with Crippen LogP contribution >= 0.6 is 11.6 Å². The average molecular weight is 367 g/mol. The van der Waals surface area contributed by atoms with E-state index in [0.29, 0.717) is 11.6 Å². The van der Waals surface area contributed by atoms with Gasteiger partial charge in [-0.2, -0.15) is 5.10 Å². The Kier molecular flexibility index (Phi) is 5.56. The van der Waals surface area contributed by atoms with Gasteiger partial charge in [0, 0.05) is 23.6 Å². The summed E-state index contributed by atoms with van der Waals surface area (Å²) >= 11 is 5.97. The molecule has 0 aliphatic carbocycles. The molecule has 7 heteroatoms. The van der Waals surface area contributed by atoms with Crippen molar-refractivity contribution in [1.29, 1.82) is 0 Å². The molecule has 1 amide bonds. The SMILES string of the molecule is O=C(N/N=C\c1ccncc1)c1cccn(Cc2cccc(Cl)c2)c1=O. The monoisotopic (exact) mass is 366 g/mol. The Labute approximate surface area is 154 Å². The third kappa shape index (κ3) is 4.43. The average Bonchev–Trinajstić information content (AvgIpc) is 2.64. The lowest BCUT2D eigenvalue weighted by Gasteiger charge is -2.08. The minimum atomic E-state index is -0.569. The fourth-order valence-corrected chi connectivity index (χ4v) is 2.55. The topological polar surface area (TPSA) is 76.3 Å². The Bertz CT molecular complexity index is 1000. The van der Waals surface area contributed by atoms with Gasteiger partial charge in [0.05, 0.1) is 12.8 Å². The van der Waals surface area contributed by atoms with Crippen molar-refractivity contribution in [2.45, 2.75) is 6.54 Å². The standard InChI is InChI=1S/C19H15ClN4O2/c20-16-4-1-3-15(11-16)13-24-10-2-5-17(19(24)26)18(25)23-22-12-14-6-8-21-9-7-14/h1-12H,13H2,(H,23,25)/b22-12-. The molecule has 1 aromatic carbocycles. The van der Waals surface area contributed by atoms with Gasteiger partial charge in [-0.05, 0) is 47.5 Å². The molecular weight excluding hydrogens is 352 g/mol. The van der Waals surface area contributed by atoms with Gasteiger partial charge in [-0.15, -0.1) is 0 Å². The third-order valence-corrected chi connectivity index (χ3v) is 3.83. The van der Waals surface area contributed by atoms with Crippen LogP contribution in [0.1, 0.15) is 21.5 Å². The molecule has 130 valence electrons. The molecule has 0 bridgehead atoms. The lowest BCUT2D eigenvalue weighted by molar-refractivity contribution is 0.0953. The summed E-state index contributed by atoms with van der Waals surface area (Å²) in [6.07, 6.45) is 6.34. The summed E-state index contributed by atoms with van der Waals surface area (Å²) < 4.78 is 1.45. The summed E-state index contributed by atoms with van der Waals surface area (Å²) in [6.45, 7) is 0.320. The predicted molar refractivity (Wildman–Crippen MR) is 101 cm³/mol. The van der Waals surface area contributed by atoms with Gasteiger partial charge in [0.2, 0.25) is 0 Å². The fraction of sp³-hybridized carbons (Fsp3) is 0.0526. The number of rotatable bonds is 5. The molecule has 0 atom stereocenters. The van der Waals surface area contributed by atoms with Crippen molar-refractivity contribution in [3.8, 4) is 0 Å². The number of hydrazone groups is 1. The maximum absolute atomic E-state index is 12.5. The van der Waals surface area contributed by atoms with E-state index in [9.17, 15) is 9.59 Å². The summed E-state index contributed by atoms with van der Waals surface area (Å²) in [5.74, 6) is -0.569. The zero-order chi connectivity index (χ0) is 18.4. The predicted octanol–water partition coefficient (Wildman–Crippen LogP) is 2.71. The summed E-state index contributed by atoms with van der Waals surface area (Å²) in [5, 5.41) is 4.46. The van der Waals surface area contributed by atoms with E-state index in [1.54, 1.807) is 48.9 Å². The first-order valence-electron chi connectivity index (χ1n) is 7.81. The maximum atomic E-state index is 12.5. The molecule has 1 N–H and O–H groups in total. The summed E-state index contributed by atoms with van der Waals surface area (Å²) in [4.78, 5) is 28.7. The number of nitrogens with zero attached hydrogens (tertiary/aromatic N) is 3. The van der Waals surface area contributed by atoms with Crippen LogP contribution in [-0.4, -0.2) is 21.7 Å². The van der Waals surface area contributed by atoms with Gasteiger partial charge in [0.25, 0.3) is 11.5 Å².